The van der Waals surface area contributed by atoms with Crippen LogP contribution in [0.15, 0.2) is 48.5 Å². The number of nitrogens with one attached hydrogen (secondary N) is 1. The average molecular weight is 322 g/mol. The first-order chi connectivity index (χ1) is 10.5. The van der Waals surface area contributed by atoms with E-state index in [4.69, 9.17) is 11.6 Å². The van der Waals surface area contributed by atoms with Crippen molar-refractivity contribution in [2.24, 2.45) is 0 Å². The summed E-state index contributed by atoms with van der Waals surface area (Å²) >= 11 is 5.77. The number of carbonyl (C=O) groups is 1. The zero-order chi connectivity index (χ0) is 16.1. The fourth-order valence-electron chi connectivity index (χ4n) is 1.87. The smallest absolute Gasteiger partial charge is 0.244 e. The quantitative estimate of drug-likeness (QED) is 0.825. The van der Waals surface area contributed by atoms with Gasteiger partial charge in [-0.25, -0.2) is 8.78 Å². The first-order valence-corrected chi connectivity index (χ1v) is 7.02. The Hall–Kier alpha value is -2.20. The molecule has 0 heterocycles. The van der Waals surface area contributed by atoms with Crippen LogP contribution < -0.4 is 5.32 Å². The Labute approximate surface area is 132 Å². The van der Waals surface area contributed by atoms with Gasteiger partial charge in [0.25, 0.3) is 0 Å². The van der Waals surface area contributed by atoms with Crippen LogP contribution in [0.25, 0.3) is 6.08 Å². The third-order valence-electron chi connectivity index (χ3n) is 3.10. The van der Waals surface area contributed by atoms with Gasteiger partial charge in [-0.15, -0.1) is 0 Å². The number of halogens is 3. The minimum atomic E-state index is -0.935. The molecule has 1 amide bonds. The maximum Gasteiger partial charge on any atom is 0.244 e. The number of hydrogen-bond donors (Lipinski definition) is 1. The lowest BCUT2D eigenvalue weighted by Crippen LogP contribution is -2.24. The standard InChI is InChI=1S/C17H14ClF2NO/c1-11(13-5-8-15(19)16(20)10-13)21-17(22)9-4-12-2-6-14(18)7-3-12/h2-11H,1H3,(H,21,22)/b9-4+. The molecule has 2 rings (SSSR count). The SMILES string of the molecule is CC(NC(=O)/C=C/c1ccc(Cl)cc1)c1ccc(F)c(F)c1. The van der Waals surface area contributed by atoms with E-state index in [0.717, 1.165) is 17.7 Å². The Kier molecular flexibility index (Phi) is 5.28. The molecule has 0 radical (unpaired) electrons. The minimum Gasteiger partial charge on any atom is -0.346 e. The normalized spacial score (nSPS) is 12.4. The minimum absolute atomic E-state index is 0.327. The molecule has 114 valence electrons. The van der Waals surface area contributed by atoms with Crippen LogP contribution in [0.4, 0.5) is 8.78 Å². The third-order valence-corrected chi connectivity index (χ3v) is 3.35. The van der Waals surface area contributed by atoms with Gasteiger partial charge in [-0.1, -0.05) is 29.8 Å². The van der Waals surface area contributed by atoms with Crippen molar-refractivity contribution in [1.82, 2.24) is 5.32 Å². The Morgan fingerprint density at radius 3 is 2.45 bits per heavy atom. The van der Waals surface area contributed by atoms with Crippen molar-refractivity contribution in [1.29, 1.82) is 0 Å². The van der Waals surface area contributed by atoms with E-state index in [-0.39, 0.29) is 5.91 Å². The van der Waals surface area contributed by atoms with E-state index in [9.17, 15) is 13.6 Å². The van der Waals surface area contributed by atoms with E-state index in [1.54, 1.807) is 37.3 Å². The van der Waals surface area contributed by atoms with Gasteiger partial charge >= 0.3 is 0 Å². The van der Waals surface area contributed by atoms with Gasteiger partial charge in [-0.05, 0) is 48.4 Å². The first-order valence-electron chi connectivity index (χ1n) is 6.65. The lowest BCUT2D eigenvalue weighted by atomic mass is 10.1. The zero-order valence-corrected chi connectivity index (χ0v) is 12.6. The van der Waals surface area contributed by atoms with Crippen molar-refractivity contribution in [2.75, 3.05) is 0 Å². The van der Waals surface area contributed by atoms with Gasteiger partial charge in [0.2, 0.25) is 5.91 Å². The predicted molar refractivity (Wildman–Crippen MR) is 83.4 cm³/mol. The first kappa shape index (κ1) is 16.2. The molecule has 0 fully saturated rings. The fourth-order valence-corrected chi connectivity index (χ4v) is 2.00. The van der Waals surface area contributed by atoms with Crippen LogP contribution in [0.2, 0.25) is 5.02 Å². The Bertz CT molecular complexity index is 698. The molecule has 0 aliphatic heterocycles. The molecule has 2 aromatic carbocycles. The van der Waals surface area contributed by atoms with E-state index < -0.39 is 17.7 Å². The monoisotopic (exact) mass is 321 g/mol. The largest absolute Gasteiger partial charge is 0.346 e. The van der Waals surface area contributed by atoms with Gasteiger partial charge in [-0.3, -0.25) is 4.79 Å². The lowest BCUT2D eigenvalue weighted by Gasteiger charge is -2.13. The molecule has 0 aromatic heterocycles. The Balaban J connectivity index is 1.98. The van der Waals surface area contributed by atoms with Gasteiger partial charge in [-0.2, -0.15) is 0 Å². The van der Waals surface area contributed by atoms with E-state index >= 15 is 0 Å². The van der Waals surface area contributed by atoms with Crippen LogP contribution in [-0.2, 0) is 4.79 Å². The maximum absolute atomic E-state index is 13.2. The fraction of sp³-hybridized carbons (Fsp3) is 0.118. The molecular formula is C17H14ClF2NO. The summed E-state index contributed by atoms with van der Waals surface area (Å²) < 4.78 is 26.0. The summed E-state index contributed by atoms with van der Waals surface area (Å²) in [6.07, 6.45) is 3.02. The van der Waals surface area contributed by atoms with Crippen LogP contribution in [-0.4, -0.2) is 5.91 Å². The summed E-state index contributed by atoms with van der Waals surface area (Å²) in [6.45, 7) is 1.70. The highest BCUT2D eigenvalue weighted by atomic mass is 35.5. The summed E-state index contributed by atoms with van der Waals surface area (Å²) in [4.78, 5) is 11.8. The van der Waals surface area contributed by atoms with E-state index in [1.807, 2.05) is 0 Å². The van der Waals surface area contributed by atoms with Crippen molar-refractivity contribution in [3.05, 3.63) is 76.3 Å². The number of carbonyl (C=O) groups excluding carboxylic acids is 1. The second-order valence-electron chi connectivity index (χ2n) is 4.79. The van der Waals surface area contributed by atoms with Crippen molar-refractivity contribution in [2.45, 2.75) is 13.0 Å². The zero-order valence-electron chi connectivity index (χ0n) is 11.8. The van der Waals surface area contributed by atoms with Gasteiger partial charge < -0.3 is 5.32 Å². The molecule has 0 aliphatic carbocycles. The van der Waals surface area contributed by atoms with Crippen LogP contribution in [0.5, 0.6) is 0 Å². The Morgan fingerprint density at radius 2 is 1.82 bits per heavy atom. The van der Waals surface area contributed by atoms with Gasteiger partial charge in [0.15, 0.2) is 11.6 Å². The second-order valence-corrected chi connectivity index (χ2v) is 5.23. The third kappa shape index (κ3) is 4.40. The summed E-state index contributed by atoms with van der Waals surface area (Å²) in [5.74, 6) is -2.17. The molecule has 0 aliphatic rings. The maximum atomic E-state index is 13.2. The van der Waals surface area contributed by atoms with Crippen LogP contribution in [0.1, 0.15) is 24.1 Å². The highest BCUT2D eigenvalue weighted by molar-refractivity contribution is 6.30. The summed E-state index contributed by atoms with van der Waals surface area (Å²) in [5, 5.41) is 3.30. The highest BCUT2D eigenvalue weighted by Crippen LogP contribution is 2.16. The van der Waals surface area contributed by atoms with Crippen molar-refractivity contribution < 1.29 is 13.6 Å². The van der Waals surface area contributed by atoms with Gasteiger partial charge in [0, 0.05) is 11.1 Å². The summed E-state index contributed by atoms with van der Waals surface area (Å²) in [5.41, 5.74) is 1.33. The molecule has 0 saturated carbocycles. The molecule has 0 saturated heterocycles. The second kappa shape index (κ2) is 7.18. The molecule has 0 spiro atoms. The highest BCUT2D eigenvalue weighted by Gasteiger charge is 2.10. The number of amides is 1. The van der Waals surface area contributed by atoms with Crippen LogP contribution >= 0.6 is 11.6 Å². The van der Waals surface area contributed by atoms with Crippen molar-refractivity contribution in [3.8, 4) is 0 Å². The predicted octanol–water partition coefficient (Wildman–Crippen LogP) is 4.51. The Morgan fingerprint density at radius 1 is 1.14 bits per heavy atom. The van der Waals surface area contributed by atoms with Crippen molar-refractivity contribution >= 4 is 23.6 Å². The number of rotatable bonds is 4. The van der Waals surface area contributed by atoms with Crippen LogP contribution in [0, 0.1) is 11.6 Å². The molecule has 1 atom stereocenters. The molecule has 5 heteroatoms. The van der Waals surface area contributed by atoms with E-state index in [1.165, 1.54) is 12.1 Å². The molecule has 2 nitrogen and oxygen atoms in total. The lowest BCUT2D eigenvalue weighted by molar-refractivity contribution is -0.117. The molecule has 1 unspecified atom stereocenters. The molecule has 1 N–H and O–H groups in total. The summed E-state index contributed by atoms with van der Waals surface area (Å²) in [7, 11) is 0. The van der Waals surface area contributed by atoms with E-state index in [0.29, 0.717) is 10.6 Å². The van der Waals surface area contributed by atoms with Crippen molar-refractivity contribution in [3.63, 3.8) is 0 Å². The van der Waals surface area contributed by atoms with Crippen LogP contribution in [0.3, 0.4) is 0 Å². The topological polar surface area (TPSA) is 29.1 Å². The molecule has 0 bridgehead atoms. The molecular weight excluding hydrogens is 308 g/mol. The number of hydrogen-bond acceptors (Lipinski definition) is 1. The molecule has 22 heavy (non-hydrogen) atoms. The average Bonchev–Trinajstić information content (AvgIpc) is 2.49. The molecule has 2 aromatic rings. The van der Waals surface area contributed by atoms with Gasteiger partial charge in [0.05, 0.1) is 6.04 Å². The number of benzene rings is 2. The van der Waals surface area contributed by atoms with E-state index in [2.05, 4.69) is 5.32 Å². The van der Waals surface area contributed by atoms with Gasteiger partial charge in [0.1, 0.15) is 0 Å². The summed E-state index contributed by atoms with van der Waals surface area (Å²) in [6, 6.07) is 10.1.